The van der Waals surface area contributed by atoms with Gasteiger partial charge in [-0.3, -0.25) is 0 Å². The average Bonchev–Trinajstić information content (AvgIpc) is 2.83. The van der Waals surface area contributed by atoms with Crippen molar-refractivity contribution in [1.29, 1.82) is 0 Å². The minimum atomic E-state index is 0.516. The fraction of sp³-hybridized carbons (Fsp3) is 0.550. The highest BCUT2D eigenvalue weighted by atomic mass is 16.5. The van der Waals surface area contributed by atoms with Crippen LogP contribution in [0.1, 0.15) is 5.56 Å². The van der Waals surface area contributed by atoms with Crippen LogP contribution in [0.3, 0.4) is 0 Å². The Balaban J connectivity index is 1.56. The molecule has 2 saturated heterocycles. The second kappa shape index (κ2) is 9.77. The summed E-state index contributed by atoms with van der Waals surface area (Å²) in [4.78, 5) is 18.3. The summed E-state index contributed by atoms with van der Waals surface area (Å²) in [5.74, 6) is 3.36. The maximum absolute atomic E-state index is 5.50. The van der Waals surface area contributed by atoms with Gasteiger partial charge >= 0.3 is 0 Å². The number of nitrogens with zero attached hydrogens (tertiary/aromatic N) is 5. The number of anilines is 3. The molecule has 0 atom stereocenters. The predicted molar refractivity (Wildman–Crippen MR) is 113 cm³/mol. The Bertz CT molecular complexity index is 804. The van der Waals surface area contributed by atoms with Gasteiger partial charge in [0.05, 0.1) is 40.6 Å². The lowest BCUT2D eigenvalue weighted by Crippen LogP contribution is -2.40. The minimum absolute atomic E-state index is 0.516. The second-order valence-corrected chi connectivity index (χ2v) is 6.99. The molecule has 0 aliphatic carbocycles. The van der Waals surface area contributed by atoms with Gasteiger partial charge in [-0.1, -0.05) is 0 Å². The van der Waals surface area contributed by atoms with Crippen LogP contribution >= 0.6 is 0 Å². The first-order chi connectivity index (χ1) is 14.8. The molecule has 0 spiro atoms. The van der Waals surface area contributed by atoms with Crippen molar-refractivity contribution < 1.29 is 18.9 Å². The van der Waals surface area contributed by atoms with E-state index in [1.54, 1.807) is 14.2 Å². The maximum Gasteiger partial charge on any atom is 0.232 e. The number of hydrogen-bond donors (Lipinski definition) is 1. The van der Waals surface area contributed by atoms with Crippen LogP contribution < -0.4 is 24.6 Å². The molecule has 2 aromatic rings. The highest BCUT2D eigenvalue weighted by molar-refractivity contribution is 5.47. The van der Waals surface area contributed by atoms with Crippen LogP contribution in [-0.2, 0) is 16.0 Å². The summed E-state index contributed by atoms with van der Waals surface area (Å²) in [7, 11) is 3.28. The zero-order valence-electron chi connectivity index (χ0n) is 17.5. The summed E-state index contributed by atoms with van der Waals surface area (Å²) >= 11 is 0. The largest absolute Gasteiger partial charge is 0.497 e. The second-order valence-electron chi connectivity index (χ2n) is 6.99. The van der Waals surface area contributed by atoms with E-state index in [0.29, 0.717) is 50.8 Å². The highest BCUT2D eigenvalue weighted by Gasteiger charge is 2.20. The van der Waals surface area contributed by atoms with Crippen molar-refractivity contribution in [2.45, 2.75) is 6.54 Å². The zero-order valence-corrected chi connectivity index (χ0v) is 17.5. The fourth-order valence-corrected chi connectivity index (χ4v) is 3.41. The first-order valence-electron chi connectivity index (χ1n) is 10.1. The highest BCUT2D eigenvalue weighted by Crippen LogP contribution is 2.25. The number of benzene rings is 1. The van der Waals surface area contributed by atoms with Crippen molar-refractivity contribution in [3.63, 3.8) is 0 Å². The Hall–Kier alpha value is -2.85. The normalized spacial score (nSPS) is 17.0. The predicted octanol–water partition coefficient (Wildman–Crippen LogP) is 1.17. The number of morpholine rings is 2. The smallest absolute Gasteiger partial charge is 0.232 e. The van der Waals surface area contributed by atoms with Crippen LogP contribution in [0.25, 0.3) is 0 Å². The van der Waals surface area contributed by atoms with E-state index in [9.17, 15) is 0 Å². The Morgan fingerprint density at radius 2 is 1.47 bits per heavy atom. The molecule has 0 saturated carbocycles. The Morgan fingerprint density at radius 3 is 2.00 bits per heavy atom. The summed E-state index contributed by atoms with van der Waals surface area (Å²) in [6.07, 6.45) is 0. The molecule has 10 heteroatoms. The first kappa shape index (κ1) is 20.4. The lowest BCUT2D eigenvalue weighted by atomic mass is 10.2. The molecule has 162 valence electrons. The van der Waals surface area contributed by atoms with Crippen molar-refractivity contribution in [3.05, 3.63) is 23.8 Å². The van der Waals surface area contributed by atoms with Crippen molar-refractivity contribution in [3.8, 4) is 11.5 Å². The number of nitrogens with one attached hydrogen (secondary N) is 1. The van der Waals surface area contributed by atoms with E-state index in [0.717, 1.165) is 43.2 Å². The van der Waals surface area contributed by atoms with Gasteiger partial charge < -0.3 is 34.1 Å². The number of rotatable bonds is 7. The molecule has 2 fully saturated rings. The van der Waals surface area contributed by atoms with Crippen LogP contribution in [0.4, 0.5) is 17.8 Å². The molecular formula is C20H28N6O4. The molecule has 0 amide bonds. The fourth-order valence-electron chi connectivity index (χ4n) is 3.41. The van der Waals surface area contributed by atoms with Gasteiger partial charge in [0.2, 0.25) is 17.8 Å². The average molecular weight is 416 g/mol. The van der Waals surface area contributed by atoms with E-state index in [1.807, 2.05) is 18.2 Å². The third-order valence-electron chi connectivity index (χ3n) is 5.13. The van der Waals surface area contributed by atoms with Crippen LogP contribution in [0.5, 0.6) is 11.5 Å². The van der Waals surface area contributed by atoms with Crippen molar-refractivity contribution >= 4 is 17.8 Å². The Morgan fingerprint density at radius 1 is 0.867 bits per heavy atom. The number of methoxy groups -OCH3 is 2. The van der Waals surface area contributed by atoms with E-state index >= 15 is 0 Å². The SMILES string of the molecule is COc1ccc(CNc2nc(N3CCOCC3)nc(N3CCOCC3)n2)c(OC)c1. The van der Waals surface area contributed by atoms with Crippen molar-refractivity contribution in [2.75, 3.05) is 81.9 Å². The van der Waals surface area contributed by atoms with Gasteiger partial charge in [-0.2, -0.15) is 15.0 Å². The van der Waals surface area contributed by atoms with E-state index < -0.39 is 0 Å². The molecule has 3 heterocycles. The van der Waals surface area contributed by atoms with E-state index in [2.05, 4.69) is 25.1 Å². The number of hydrogen-bond acceptors (Lipinski definition) is 10. The number of aromatic nitrogens is 3. The van der Waals surface area contributed by atoms with Gasteiger partial charge in [-0.25, -0.2) is 0 Å². The molecule has 0 bridgehead atoms. The first-order valence-corrected chi connectivity index (χ1v) is 10.1. The summed E-state index contributed by atoms with van der Waals surface area (Å²) in [5, 5.41) is 3.33. The molecule has 10 nitrogen and oxygen atoms in total. The van der Waals surface area contributed by atoms with Crippen LogP contribution in [0, 0.1) is 0 Å². The topological polar surface area (TPSA) is 94.1 Å². The van der Waals surface area contributed by atoms with E-state index in [-0.39, 0.29) is 0 Å². The molecule has 0 unspecified atom stereocenters. The molecule has 1 aromatic heterocycles. The molecule has 1 aromatic carbocycles. The van der Waals surface area contributed by atoms with Gasteiger partial charge in [-0.05, 0) is 12.1 Å². The molecule has 30 heavy (non-hydrogen) atoms. The molecule has 4 rings (SSSR count). The van der Waals surface area contributed by atoms with Crippen LogP contribution in [0.15, 0.2) is 18.2 Å². The quantitative estimate of drug-likeness (QED) is 0.709. The third kappa shape index (κ3) is 4.82. The number of ether oxygens (including phenoxy) is 4. The van der Waals surface area contributed by atoms with E-state index in [4.69, 9.17) is 23.9 Å². The molecule has 2 aliphatic rings. The lowest BCUT2D eigenvalue weighted by Gasteiger charge is -2.30. The van der Waals surface area contributed by atoms with Gasteiger partial charge in [0.1, 0.15) is 11.5 Å². The standard InChI is InChI=1S/C20H28N6O4/c1-27-16-4-3-15(17(13-16)28-2)14-21-18-22-19(25-5-9-29-10-6-25)24-20(23-18)26-7-11-30-12-8-26/h3-4,13H,5-12,14H2,1-2H3,(H,21,22,23,24). The third-order valence-corrected chi connectivity index (χ3v) is 5.13. The Kier molecular flexibility index (Phi) is 6.65. The minimum Gasteiger partial charge on any atom is -0.497 e. The monoisotopic (exact) mass is 416 g/mol. The molecule has 1 N–H and O–H groups in total. The zero-order chi connectivity index (χ0) is 20.8. The van der Waals surface area contributed by atoms with Crippen molar-refractivity contribution in [2.24, 2.45) is 0 Å². The Labute approximate surface area is 176 Å². The van der Waals surface area contributed by atoms with Crippen LogP contribution in [-0.4, -0.2) is 81.8 Å². The van der Waals surface area contributed by atoms with E-state index in [1.165, 1.54) is 0 Å². The van der Waals surface area contributed by atoms with Gasteiger partial charge in [-0.15, -0.1) is 0 Å². The maximum atomic E-state index is 5.50. The van der Waals surface area contributed by atoms with Crippen LogP contribution in [0.2, 0.25) is 0 Å². The summed E-state index contributed by atoms with van der Waals surface area (Å²) in [5.41, 5.74) is 0.986. The summed E-state index contributed by atoms with van der Waals surface area (Å²) in [6.45, 7) is 6.25. The van der Waals surface area contributed by atoms with Gasteiger partial charge in [0, 0.05) is 44.4 Å². The van der Waals surface area contributed by atoms with Crippen molar-refractivity contribution in [1.82, 2.24) is 15.0 Å². The summed E-state index contributed by atoms with van der Waals surface area (Å²) in [6, 6.07) is 5.74. The molecular weight excluding hydrogens is 388 g/mol. The van der Waals surface area contributed by atoms with Gasteiger partial charge in [0.15, 0.2) is 0 Å². The molecule has 2 aliphatic heterocycles. The lowest BCUT2D eigenvalue weighted by molar-refractivity contribution is 0.121. The summed E-state index contributed by atoms with van der Waals surface area (Å²) < 4.78 is 21.7. The van der Waals surface area contributed by atoms with Gasteiger partial charge in [0.25, 0.3) is 0 Å². The molecule has 0 radical (unpaired) electrons.